The lowest BCUT2D eigenvalue weighted by Crippen LogP contribution is -2.46. The second-order valence-electron chi connectivity index (χ2n) is 12.5. The molecule has 1 saturated heterocycles. The fraction of sp³-hybridized carbons (Fsp3) is 0.417. The van der Waals surface area contributed by atoms with Gasteiger partial charge in [0.25, 0.3) is 5.91 Å². The number of hydrogen-bond donors (Lipinski definition) is 2. The summed E-state index contributed by atoms with van der Waals surface area (Å²) in [6.07, 6.45) is 5.34. The molecule has 2 aliphatic rings. The van der Waals surface area contributed by atoms with E-state index in [1.165, 1.54) is 6.07 Å². The van der Waals surface area contributed by atoms with Crippen LogP contribution in [0.3, 0.4) is 0 Å². The number of benzene rings is 3. The highest BCUT2D eigenvalue weighted by Gasteiger charge is 2.48. The SMILES string of the molecule is COCCOCCNC(=O)c1ccc2c(c1)ncn2CC[C@H]1CC(c2cccc(Cl)c2F)C(C(=O)Nc2cccc(Cl)c2)N1CC1CC1. The molecule has 1 aliphatic heterocycles. The molecule has 254 valence electrons. The van der Waals surface area contributed by atoms with Crippen LogP contribution in [0.5, 0.6) is 0 Å². The van der Waals surface area contributed by atoms with Crippen LogP contribution in [-0.2, 0) is 20.8 Å². The summed E-state index contributed by atoms with van der Waals surface area (Å²) in [5.74, 6) is -0.740. The van der Waals surface area contributed by atoms with E-state index in [1.807, 2.05) is 6.07 Å². The predicted molar refractivity (Wildman–Crippen MR) is 185 cm³/mol. The second kappa shape index (κ2) is 15.8. The highest BCUT2D eigenvalue weighted by Crippen LogP contribution is 2.44. The van der Waals surface area contributed by atoms with E-state index in [4.69, 9.17) is 32.7 Å². The van der Waals surface area contributed by atoms with E-state index >= 15 is 4.39 Å². The number of nitrogens with zero attached hydrogens (tertiary/aromatic N) is 3. The first-order chi connectivity index (χ1) is 23.3. The molecule has 2 fully saturated rings. The fourth-order valence-electron chi connectivity index (χ4n) is 6.63. The number of anilines is 1. The third kappa shape index (κ3) is 8.18. The molecule has 2 amide bonds. The number of aryl methyl sites for hydroxylation is 1. The molecule has 2 heterocycles. The Morgan fingerprint density at radius 3 is 2.67 bits per heavy atom. The van der Waals surface area contributed by atoms with Crippen LogP contribution in [0.2, 0.25) is 10.0 Å². The standard InChI is InChI=1S/C36H40Cl2FN5O4/c1-47-16-17-48-15-13-40-35(45)24-10-11-32-31(18-24)41-22-43(32)14-12-27-20-29(28-6-3-7-30(38)33(28)39)34(44(27)21-23-8-9-23)36(46)42-26-5-2-4-25(37)19-26/h2-7,10-11,18-19,22-23,27,29,34H,8-9,12-17,20-21H2,1H3,(H,40,45)(H,42,46)/t27-,29?,34?/m0/s1. The molecule has 0 radical (unpaired) electrons. The largest absolute Gasteiger partial charge is 0.382 e. The van der Waals surface area contributed by atoms with Crippen LogP contribution >= 0.6 is 23.2 Å². The van der Waals surface area contributed by atoms with Crippen molar-refractivity contribution in [3.05, 3.63) is 94.0 Å². The van der Waals surface area contributed by atoms with E-state index in [-0.39, 0.29) is 22.9 Å². The minimum atomic E-state index is -0.589. The number of carbonyl (C=O) groups is 2. The summed E-state index contributed by atoms with van der Waals surface area (Å²) in [6, 6.07) is 17.0. The molecule has 0 bridgehead atoms. The molecule has 3 atom stereocenters. The summed E-state index contributed by atoms with van der Waals surface area (Å²) in [4.78, 5) is 33.7. The third-order valence-corrected chi connectivity index (χ3v) is 9.72. The van der Waals surface area contributed by atoms with Gasteiger partial charge in [-0.3, -0.25) is 14.5 Å². The Kier molecular flexibility index (Phi) is 11.3. The normalized spacial score (nSPS) is 19.5. The van der Waals surface area contributed by atoms with Crippen molar-refractivity contribution in [2.45, 2.75) is 50.2 Å². The van der Waals surface area contributed by atoms with Gasteiger partial charge in [-0.2, -0.15) is 0 Å². The van der Waals surface area contributed by atoms with Gasteiger partial charge in [0.1, 0.15) is 5.82 Å². The number of methoxy groups -OCH3 is 1. The molecule has 4 aromatic rings. The van der Waals surface area contributed by atoms with Crippen LogP contribution in [0.15, 0.2) is 67.0 Å². The second-order valence-corrected chi connectivity index (χ2v) is 13.4. The highest BCUT2D eigenvalue weighted by molar-refractivity contribution is 6.31. The first-order valence-electron chi connectivity index (χ1n) is 16.4. The van der Waals surface area contributed by atoms with Crippen molar-refractivity contribution < 1.29 is 23.5 Å². The molecular formula is C36H40Cl2FN5O4. The molecule has 3 aromatic carbocycles. The maximum Gasteiger partial charge on any atom is 0.251 e. The Bertz CT molecular complexity index is 1750. The van der Waals surface area contributed by atoms with Gasteiger partial charge in [-0.15, -0.1) is 0 Å². The van der Waals surface area contributed by atoms with E-state index < -0.39 is 17.8 Å². The third-order valence-electron chi connectivity index (χ3n) is 9.19. The van der Waals surface area contributed by atoms with E-state index in [0.717, 1.165) is 36.8 Å². The monoisotopic (exact) mass is 695 g/mol. The Morgan fingerprint density at radius 2 is 1.88 bits per heavy atom. The Balaban J connectivity index is 1.19. The summed E-state index contributed by atoms with van der Waals surface area (Å²) >= 11 is 12.5. The molecule has 48 heavy (non-hydrogen) atoms. The van der Waals surface area contributed by atoms with Gasteiger partial charge < -0.3 is 24.7 Å². The number of likely N-dealkylation sites (tertiary alicyclic amines) is 1. The lowest BCUT2D eigenvalue weighted by atomic mass is 9.89. The lowest BCUT2D eigenvalue weighted by Gasteiger charge is -2.31. The Labute approximate surface area is 289 Å². The molecule has 0 spiro atoms. The molecule has 12 heteroatoms. The zero-order valence-electron chi connectivity index (χ0n) is 26.8. The minimum absolute atomic E-state index is 0.0118. The average molecular weight is 697 g/mol. The van der Waals surface area contributed by atoms with Crippen molar-refractivity contribution in [3.63, 3.8) is 0 Å². The first-order valence-corrected chi connectivity index (χ1v) is 17.1. The first kappa shape index (κ1) is 34.3. The van der Waals surface area contributed by atoms with Crippen LogP contribution in [-0.4, -0.2) is 78.4 Å². The van der Waals surface area contributed by atoms with Gasteiger partial charge in [0, 0.05) is 55.0 Å². The summed E-state index contributed by atoms with van der Waals surface area (Å²) in [5, 5.41) is 6.50. The fourth-order valence-corrected chi connectivity index (χ4v) is 7.01. The van der Waals surface area contributed by atoms with E-state index in [2.05, 4.69) is 25.1 Å². The smallest absolute Gasteiger partial charge is 0.251 e. The summed E-state index contributed by atoms with van der Waals surface area (Å²) in [6.45, 7) is 3.18. The van der Waals surface area contributed by atoms with Gasteiger partial charge in [-0.05, 0) is 79.6 Å². The Hall–Kier alpha value is -3.54. The van der Waals surface area contributed by atoms with Gasteiger partial charge >= 0.3 is 0 Å². The van der Waals surface area contributed by atoms with Crippen molar-refractivity contribution in [2.24, 2.45) is 5.92 Å². The average Bonchev–Trinajstić information content (AvgIpc) is 3.70. The number of carbonyl (C=O) groups excluding carboxylic acids is 2. The van der Waals surface area contributed by atoms with Crippen LogP contribution < -0.4 is 10.6 Å². The van der Waals surface area contributed by atoms with Crippen molar-refractivity contribution in [1.29, 1.82) is 0 Å². The zero-order chi connectivity index (χ0) is 33.6. The van der Waals surface area contributed by atoms with E-state index in [9.17, 15) is 9.59 Å². The van der Waals surface area contributed by atoms with Crippen molar-refractivity contribution in [2.75, 3.05) is 45.3 Å². The van der Waals surface area contributed by atoms with E-state index in [1.54, 1.807) is 62.0 Å². The topological polar surface area (TPSA) is 97.7 Å². The van der Waals surface area contributed by atoms with Gasteiger partial charge in [-0.25, -0.2) is 9.37 Å². The molecule has 2 N–H and O–H groups in total. The van der Waals surface area contributed by atoms with Gasteiger partial charge in [-0.1, -0.05) is 41.4 Å². The highest BCUT2D eigenvalue weighted by atomic mass is 35.5. The molecule has 2 unspecified atom stereocenters. The van der Waals surface area contributed by atoms with Crippen LogP contribution in [0.4, 0.5) is 10.1 Å². The lowest BCUT2D eigenvalue weighted by molar-refractivity contribution is -0.121. The number of halogens is 3. The van der Waals surface area contributed by atoms with Gasteiger partial charge in [0.05, 0.1) is 48.2 Å². The van der Waals surface area contributed by atoms with Crippen LogP contribution in [0, 0.1) is 11.7 Å². The number of amides is 2. The molecule has 9 nitrogen and oxygen atoms in total. The summed E-state index contributed by atoms with van der Waals surface area (Å²) in [5.41, 5.74) is 3.21. The molecule has 1 saturated carbocycles. The number of fused-ring (bicyclic) bond motifs is 1. The Morgan fingerprint density at radius 1 is 1.04 bits per heavy atom. The van der Waals surface area contributed by atoms with Gasteiger partial charge in [0.2, 0.25) is 5.91 Å². The van der Waals surface area contributed by atoms with Crippen LogP contribution in [0.1, 0.15) is 47.5 Å². The quantitative estimate of drug-likeness (QED) is 0.137. The van der Waals surface area contributed by atoms with Crippen LogP contribution in [0.25, 0.3) is 11.0 Å². The van der Waals surface area contributed by atoms with Crippen molar-refractivity contribution in [3.8, 4) is 0 Å². The maximum atomic E-state index is 15.6. The number of rotatable bonds is 15. The zero-order valence-corrected chi connectivity index (χ0v) is 28.4. The molecule has 1 aromatic heterocycles. The molecule has 6 rings (SSSR count). The predicted octanol–water partition coefficient (Wildman–Crippen LogP) is 6.54. The number of hydrogen-bond acceptors (Lipinski definition) is 6. The summed E-state index contributed by atoms with van der Waals surface area (Å²) < 4.78 is 28.0. The van der Waals surface area contributed by atoms with E-state index in [0.29, 0.717) is 67.1 Å². The minimum Gasteiger partial charge on any atom is -0.382 e. The number of ether oxygens (including phenoxy) is 2. The van der Waals surface area contributed by atoms with Crippen molar-refractivity contribution in [1.82, 2.24) is 19.8 Å². The summed E-state index contributed by atoms with van der Waals surface area (Å²) in [7, 11) is 1.61. The number of nitrogens with one attached hydrogen (secondary N) is 2. The van der Waals surface area contributed by atoms with Gasteiger partial charge in [0.15, 0.2) is 0 Å². The molecular weight excluding hydrogens is 656 g/mol. The van der Waals surface area contributed by atoms with Crippen molar-refractivity contribution >= 4 is 51.7 Å². The number of aromatic nitrogens is 2. The number of imidazole rings is 1. The molecule has 1 aliphatic carbocycles. The maximum absolute atomic E-state index is 15.6.